The Labute approximate surface area is 73.6 Å². The lowest BCUT2D eigenvalue weighted by molar-refractivity contribution is -0.142. The third kappa shape index (κ3) is 6.88. The van der Waals surface area contributed by atoms with Crippen LogP contribution in [-0.4, -0.2) is 12.6 Å². The first-order chi connectivity index (χ1) is 5.81. The molecule has 0 aliphatic carbocycles. The van der Waals surface area contributed by atoms with Crippen molar-refractivity contribution in [1.29, 1.82) is 0 Å². The minimum atomic E-state index is -0.208. The van der Waals surface area contributed by atoms with Crippen LogP contribution in [0, 0.1) is 11.8 Å². The molecule has 0 saturated carbocycles. The molecule has 0 atom stereocenters. The molecular weight excluding hydrogens is 152 g/mol. The van der Waals surface area contributed by atoms with Crippen LogP contribution in [-0.2, 0) is 9.53 Å². The predicted molar refractivity (Wildman–Crippen MR) is 48.5 cm³/mol. The first kappa shape index (κ1) is 10.8. The zero-order valence-electron chi connectivity index (χ0n) is 7.43. The summed E-state index contributed by atoms with van der Waals surface area (Å²) in [5.41, 5.74) is 0. The first-order valence-corrected chi connectivity index (χ1v) is 4.03. The van der Waals surface area contributed by atoms with Gasteiger partial charge < -0.3 is 4.74 Å². The monoisotopic (exact) mass is 166 g/mol. The van der Waals surface area contributed by atoms with Crippen molar-refractivity contribution in [2.75, 3.05) is 6.61 Å². The summed E-state index contributed by atoms with van der Waals surface area (Å²) in [4.78, 5) is 10.8. The highest BCUT2D eigenvalue weighted by Gasteiger charge is 1.97. The highest BCUT2D eigenvalue weighted by atomic mass is 16.5. The van der Waals surface area contributed by atoms with E-state index in [0.717, 1.165) is 6.42 Å². The van der Waals surface area contributed by atoms with E-state index in [2.05, 4.69) is 18.4 Å². The van der Waals surface area contributed by atoms with Crippen LogP contribution < -0.4 is 0 Å². The van der Waals surface area contributed by atoms with Gasteiger partial charge >= 0.3 is 5.97 Å². The Morgan fingerprint density at radius 1 is 1.58 bits per heavy atom. The zero-order valence-corrected chi connectivity index (χ0v) is 7.43. The summed E-state index contributed by atoms with van der Waals surface area (Å²) >= 11 is 0. The highest BCUT2D eigenvalue weighted by molar-refractivity contribution is 5.69. The van der Waals surface area contributed by atoms with Gasteiger partial charge in [0.25, 0.3) is 0 Å². The zero-order chi connectivity index (χ0) is 9.23. The molecule has 0 amide bonds. The van der Waals surface area contributed by atoms with E-state index in [9.17, 15) is 4.79 Å². The van der Waals surface area contributed by atoms with Crippen LogP contribution >= 0.6 is 0 Å². The van der Waals surface area contributed by atoms with E-state index < -0.39 is 0 Å². The van der Waals surface area contributed by atoms with Crippen molar-refractivity contribution < 1.29 is 9.53 Å². The maximum atomic E-state index is 10.8. The quantitative estimate of drug-likeness (QED) is 0.362. The van der Waals surface area contributed by atoms with E-state index in [-0.39, 0.29) is 5.97 Å². The molecule has 0 rings (SSSR count). The number of ether oxygens (including phenoxy) is 1. The minimum absolute atomic E-state index is 0.208. The molecule has 2 heteroatoms. The van der Waals surface area contributed by atoms with Gasteiger partial charge in [0.2, 0.25) is 0 Å². The van der Waals surface area contributed by atoms with Crippen LogP contribution in [0.5, 0.6) is 0 Å². The fraction of sp³-hybridized carbons (Fsp3) is 0.500. The highest BCUT2D eigenvalue weighted by Crippen LogP contribution is 1.91. The van der Waals surface area contributed by atoms with Gasteiger partial charge in [-0.25, -0.2) is 0 Å². The lowest BCUT2D eigenvalue weighted by atomic mass is 10.3. The lowest BCUT2D eigenvalue weighted by Gasteiger charge is -1.97. The van der Waals surface area contributed by atoms with Gasteiger partial charge in [0.15, 0.2) is 0 Å². The van der Waals surface area contributed by atoms with Crippen molar-refractivity contribution in [2.45, 2.75) is 26.2 Å². The molecule has 0 aromatic carbocycles. The molecule has 0 bridgehead atoms. The Hall–Kier alpha value is -1.23. The van der Waals surface area contributed by atoms with E-state index in [1.54, 1.807) is 6.08 Å². The molecule has 0 radical (unpaired) electrons. The lowest BCUT2D eigenvalue weighted by Crippen LogP contribution is -2.03. The number of rotatable bonds is 4. The fourth-order valence-electron chi connectivity index (χ4n) is 0.602. The molecule has 2 nitrogen and oxygen atoms in total. The molecule has 0 unspecified atom stereocenters. The number of hydrogen-bond acceptors (Lipinski definition) is 2. The average molecular weight is 166 g/mol. The SMILES string of the molecule is C=CCOC(=O)CCC#CCC. The Bertz CT molecular complexity index is 196. The van der Waals surface area contributed by atoms with Crippen molar-refractivity contribution in [3.05, 3.63) is 12.7 Å². The van der Waals surface area contributed by atoms with Gasteiger partial charge in [-0.05, 0) is 0 Å². The second-order valence-corrected chi connectivity index (χ2v) is 2.18. The molecule has 0 aromatic heterocycles. The van der Waals surface area contributed by atoms with Crippen molar-refractivity contribution in [3.63, 3.8) is 0 Å². The van der Waals surface area contributed by atoms with Crippen LogP contribution in [0.15, 0.2) is 12.7 Å². The van der Waals surface area contributed by atoms with Gasteiger partial charge in [-0.1, -0.05) is 19.6 Å². The standard InChI is InChI=1S/C10H14O2/c1-3-5-6-7-8-10(11)12-9-4-2/h4H,2-3,7-9H2,1H3. The summed E-state index contributed by atoms with van der Waals surface area (Å²) in [6.07, 6.45) is 3.35. The van der Waals surface area contributed by atoms with E-state index in [1.807, 2.05) is 6.92 Å². The minimum Gasteiger partial charge on any atom is -0.461 e. The Balaban J connectivity index is 3.37. The molecule has 0 fully saturated rings. The Morgan fingerprint density at radius 2 is 2.33 bits per heavy atom. The molecule has 0 aromatic rings. The van der Waals surface area contributed by atoms with E-state index >= 15 is 0 Å². The van der Waals surface area contributed by atoms with Gasteiger partial charge in [-0.3, -0.25) is 4.79 Å². The molecule has 0 N–H and O–H groups in total. The van der Waals surface area contributed by atoms with Crippen molar-refractivity contribution >= 4 is 5.97 Å². The topological polar surface area (TPSA) is 26.3 Å². The predicted octanol–water partition coefficient (Wildman–Crippen LogP) is 1.91. The van der Waals surface area contributed by atoms with Crippen LogP contribution in [0.2, 0.25) is 0 Å². The van der Waals surface area contributed by atoms with Gasteiger partial charge in [-0.2, -0.15) is 0 Å². The summed E-state index contributed by atoms with van der Waals surface area (Å²) < 4.78 is 4.75. The Kier molecular flexibility index (Phi) is 7.07. The fourth-order valence-corrected chi connectivity index (χ4v) is 0.602. The van der Waals surface area contributed by atoms with Gasteiger partial charge in [-0.15, -0.1) is 11.8 Å². The second-order valence-electron chi connectivity index (χ2n) is 2.18. The van der Waals surface area contributed by atoms with Crippen molar-refractivity contribution in [2.24, 2.45) is 0 Å². The third-order valence-corrected chi connectivity index (χ3v) is 1.12. The maximum absolute atomic E-state index is 10.8. The van der Waals surface area contributed by atoms with Gasteiger partial charge in [0.1, 0.15) is 6.61 Å². The molecule has 0 aliphatic rings. The molecule has 0 spiro atoms. The summed E-state index contributed by atoms with van der Waals surface area (Å²) in [5, 5.41) is 0. The molecule has 12 heavy (non-hydrogen) atoms. The first-order valence-electron chi connectivity index (χ1n) is 4.03. The van der Waals surface area contributed by atoms with Gasteiger partial charge in [0, 0.05) is 12.8 Å². The molecule has 0 saturated heterocycles. The van der Waals surface area contributed by atoms with Crippen LogP contribution in [0.1, 0.15) is 26.2 Å². The van der Waals surface area contributed by atoms with E-state index in [4.69, 9.17) is 4.74 Å². The summed E-state index contributed by atoms with van der Waals surface area (Å²) in [5.74, 6) is 5.54. The summed E-state index contributed by atoms with van der Waals surface area (Å²) in [6, 6.07) is 0. The van der Waals surface area contributed by atoms with Crippen molar-refractivity contribution in [3.8, 4) is 11.8 Å². The number of carbonyl (C=O) groups is 1. The summed E-state index contributed by atoms with van der Waals surface area (Å²) in [6.45, 7) is 5.70. The average Bonchev–Trinajstić information content (AvgIpc) is 2.09. The summed E-state index contributed by atoms with van der Waals surface area (Å²) in [7, 11) is 0. The third-order valence-electron chi connectivity index (χ3n) is 1.12. The van der Waals surface area contributed by atoms with Crippen LogP contribution in [0.4, 0.5) is 0 Å². The molecule has 0 heterocycles. The number of esters is 1. The molecule has 66 valence electrons. The van der Waals surface area contributed by atoms with Gasteiger partial charge in [0.05, 0.1) is 6.42 Å². The smallest absolute Gasteiger partial charge is 0.307 e. The molecule has 0 aliphatic heterocycles. The molecular formula is C10H14O2. The normalized spacial score (nSPS) is 8.08. The number of carbonyl (C=O) groups excluding carboxylic acids is 1. The maximum Gasteiger partial charge on any atom is 0.307 e. The Morgan fingerprint density at radius 3 is 2.92 bits per heavy atom. The van der Waals surface area contributed by atoms with E-state index in [0.29, 0.717) is 19.4 Å². The second kappa shape index (κ2) is 7.87. The van der Waals surface area contributed by atoms with Crippen LogP contribution in [0.25, 0.3) is 0 Å². The van der Waals surface area contributed by atoms with Crippen molar-refractivity contribution in [1.82, 2.24) is 0 Å². The number of hydrogen-bond donors (Lipinski definition) is 0. The largest absolute Gasteiger partial charge is 0.461 e. The van der Waals surface area contributed by atoms with Crippen LogP contribution in [0.3, 0.4) is 0 Å². The van der Waals surface area contributed by atoms with E-state index in [1.165, 1.54) is 0 Å².